The van der Waals surface area contributed by atoms with Crippen LogP contribution in [-0.4, -0.2) is 34.2 Å². The van der Waals surface area contributed by atoms with Crippen molar-refractivity contribution >= 4 is 35.6 Å². The Kier molecular flexibility index (Phi) is 6.81. The second-order valence-corrected chi connectivity index (χ2v) is 6.52. The highest BCUT2D eigenvalue weighted by atomic mass is 35.5. The van der Waals surface area contributed by atoms with Crippen LogP contribution in [0.4, 0.5) is 11.4 Å². The summed E-state index contributed by atoms with van der Waals surface area (Å²) in [5.74, 6) is 0.301. The molecule has 1 aromatic carbocycles. The van der Waals surface area contributed by atoms with Crippen LogP contribution in [-0.2, 0) is 16.1 Å². The number of halogens is 1. The Hall–Kier alpha value is -2.58. The summed E-state index contributed by atoms with van der Waals surface area (Å²) < 4.78 is 6.54. The summed E-state index contributed by atoms with van der Waals surface area (Å²) in [6.07, 6.45) is 6.44. The van der Waals surface area contributed by atoms with Crippen molar-refractivity contribution in [2.45, 2.75) is 37.8 Å². The fraction of sp³-hybridized carbons (Fsp3) is 0.389. The number of hydrogen-bond acceptors (Lipinski definition) is 5. The van der Waals surface area contributed by atoms with Crippen molar-refractivity contribution in [3.8, 4) is 5.75 Å². The SMILES string of the molecule is COc1ccc(NC(=O)Cn2cc(NC(=O)C3(N)CCCC3)cn2)cc1.Cl. The zero-order valence-corrected chi connectivity index (χ0v) is 15.9. The van der Waals surface area contributed by atoms with Gasteiger partial charge in [0.15, 0.2) is 0 Å². The molecular formula is C18H24ClN5O3. The van der Waals surface area contributed by atoms with Gasteiger partial charge in [-0.3, -0.25) is 14.3 Å². The van der Waals surface area contributed by atoms with Crippen molar-refractivity contribution in [1.82, 2.24) is 9.78 Å². The number of methoxy groups -OCH3 is 1. The van der Waals surface area contributed by atoms with Gasteiger partial charge < -0.3 is 21.1 Å². The van der Waals surface area contributed by atoms with Gasteiger partial charge in [-0.25, -0.2) is 0 Å². The van der Waals surface area contributed by atoms with Gasteiger partial charge in [0.25, 0.3) is 0 Å². The van der Waals surface area contributed by atoms with E-state index < -0.39 is 5.54 Å². The number of nitrogens with zero attached hydrogens (tertiary/aromatic N) is 2. The number of rotatable bonds is 6. The number of nitrogens with two attached hydrogens (primary N) is 1. The average molecular weight is 394 g/mol. The van der Waals surface area contributed by atoms with Crippen LogP contribution in [0.25, 0.3) is 0 Å². The molecule has 8 nitrogen and oxygen atoms in total. The predicted molar refractivity (Wildman–Crippen MR) is 105 cm³/mol. The van der Waals surface area contributed by atoms with Gasteiger partial charge in [-0.15, -0.1) is 12.4 Å². The third-order valence-electron chi connectivity index (χ3n) is 4.52. The number of hydrogen-bond donors (Lipinski definition) is 3. The minimum Gasteiger partial charge on any atom is -0.497 e. The van der Waals surface area contributed by atoms with Gasteiger partial charge in [0, 0.05) is 11.9 Å². The summed E-state index contributed by atoms with van der Waals surface area (Å²) in [5.41, 5.74) is 6.54. The van der Waals surface area contributed by atoms with Crippen LogP contribution in [0.2, 0.25) is 0 Å². The van der Waals surface area contributed by atoms with Gasteiger partial charge in [0.1, 0.15) is 12.3 Å². The Bertz CT molecular complexity index is 785. The summed E-state index contributed by atoms with van der Waals surface area (Å²) in [7, 11) is 1.58. The van der Waals surface area contributed by atoms with Crippen molar-refractivity contribution in [2.24, 2.45) is 5.73 Å². The van der Waals surface area contributed by atoms with E-state index in [0.717, 1.165) is 18.6 Å². The third kappa shape index (κ3) is 5.21. The molecule has 0 aliphatic heterocycles. The van der Waals surface area contributed by atoms with Crippen LogP contribution < -0.4 is 21.1 Å². The molecule has 0 bridgehead atoms. The Morgan fingerprint density at radius 2 is 1.85 bits per heavy atom. The van der Waals surface area contributed by atoms with Gasteiger partial charge >= 0.3 is 0 Å². The van der Waals surface area contributed by atoms with Crippen molar-refractivity contribution in [1.29, 1.82) is 0 Å². The Labute approximate surface area is 163 Å². The van der Waals surface area contributed by atoms with Crippen molar-refractivity contribution < 1.29 is 14.3 Å². The highest BCUT2D eigenvalue weighted by Gasteiger charge is 2.37. The zero-order chi connectivity index (χ0) is 18.6. The molecule has 146 valence electrons. The normalized spacial score (nSPS) is 14.9. The molecule has 9 heteroatoms. The summed E-state index contributed by atoms with van der Waals surface area (Å²) in [6, 6.07) is 7.05. The van der Waals surface area contributed by atoms with E-state index in [0.29, 0.717) is 24.2 Å². The molecule has 2 amide bonds. The molecule has 2 aromatic rings. The van der Waals surface area contributed by atoms with Crippen molar-refractivity contribution in [3.05, 3.63) is 36.7 Å². The first-order chi connectivity index (χ1) is 12.5. The van der Waals surface area contributed by atoms with E-state index in [2.05, 4.69) is 15.7 Å². The summed E-state index contributed by atoms with van der Waals surface area (Å²) in [6.45, 7) is 0.0374. The number of carbonyl (C=O) groups is 2. The molecule has 27 heavy (non-hydrogen) atoms. The molecule has 1 aliphatic rings. The fourth-order valence-corrected chi connectivity index (χ4v) is 3.03. The van der Waals surface area contributed by atoms with Crippen LogP contribution in [0, 0.1) is 0 Å². The highest BCUT2D eigenvalue weighted by Crippen LogP contribution is 2.28. The second-order valence-electron chi connectivity index (χ2n) is 6.52. The minimum absolute atomic E-state index is 0. The van der Waals surface area contributed by atoms with Crippen molar-refractivity contribution in [3.63, 3.8) is 0 Å². The zero-order valence-electron chi connectivity index (χ0n) is 15.1. The maximum atomic E-state index is 12.3. The van der Waals surface area contributed by atoms with Gasteiger partial charge in [0.05, 0.1) is 24.5 Å². The molecule has 0 unspecified atom stereocenters. The molecule has 1 heterocycles. The molecule has 1 aliphatic carbocycles. The number of aromatic nitrogens is 2. The smallest absolute Gasteiger partial charge is 0.246 e. The highest BCUT2D eigenvalue weighted by molar-refractivity contribution is 5.98. The first-order valence-corrected chi connectivity index (χ1v) is 8.55. The summed E-state index contributed by atoms with van der Waals surface area (Å²) in [4.78, 5) is 24.4. The largest absolute Gasteiger partial charge is 0.497 e. The maximum absolute atomic E-state index is 12.3. The van der Waals surface area contributed by atoms with Crippen LogP contribution in [0.1, 0.15) is 25.7 Å². The van der Waals surface area contributed by atoms with Crippen LogP contribution in [0.15, 0.2) is 36.7 Å². The van der Waals surface area contributed by atoms with Crippen LogP contribution in [0.3, 0.4) is 0 Å². The van der Waals surface area contributed by atoms with Gasteiger partial charge in [0.2, 0.25) is 11.8 Å². The lowest BCUT2D eigenvalue weighted by molar-refractivity contribution is -0.121. The fourth-order valence-electron chi connectivity index (χ4n) is 3.03. The van der Waals surface area contributed by atoms with E-state index in [4.69, 9.17) is 10.5 Å². The lowest BCUT2D eigenvalue weighted by Crippen LogP contribution is -2.48. The van der Waals surface area contributed by atoms with E-state index in [-0.39, 0.29) is 30.8 Å². The number of amides is 2. The van der Waals surface area contributed by atoms with Gasteiger partial charge in [-0.1, -0.05) is 12.8 Å². The van der Waals surface area contributed by atoms with E-state index in [1.54, 1.807) is 37.6 Å². The molecule has 1 saturated carbocycles. The van der Waals surface area contributed by atoms with Crippen LogP contribution in [0.5, 0.6) is 5.75 Å². The van der Waals surface area contributed by atoms with Crippen molar-refractivity contribution in [2.75, 3.05) is 17.7 Å². The number of ether oxygens (including phenoxy) is 1. The van der Waals surface area contributed by atoms with E-state index in [1.165, 1.54) is 10.9 Å². The first-order valence-electron chi connectivity index (χ1n) is 8.55. The molecule has 0 radical (unpaired) electrons. The predicted octanol–water partition coefficient (Wildman–Crippen LogP) is 2.16. The molecule has 0 spiro atoms. The monoisotopic (exact) mass is 393 g/mol. The third-order valence-corrected chi connectivity index (χ3v) is 4.52. The number of nitrogens with one attached hydrogen (secondary N) is 2. The first kappa shape index (κ1) is 20.7. The Balaban J connectivity index is 0.00000261. The summed E-state index contributed by atoms with van der Waals surface area (Å²) >= 11 is 0. The Morgan fingerprint density at radius 1 is 1.19 bits per heavy atom. The topological polar surface area (TPSA) is 111 Å². The maximum Gasteiger partial charge on any atom is 0.246 e. The number of anilines is 2. The molecular weight excluding hydrogens is 370 g/mol. The Morgan fingerprint density at radius 3 is 2.48 bits per heavy atom. The lowest BCUT2D eigenvalue weighted by Gasteiger charge is -2.21. The van der Waals surface area contributed by atoms with E-state index >= 15 is 0 Å². The average Bonchev–Trinajstić information content (AvgIpc) is 3.25. The molecule has 1 fully saturated rings. The van der Waals surface area contributed by atoms with E-state index in [1.807, 2.05) is 0 Å². The standard InChI is InChI=1S/C18H23N5O3.ClH/c1-26-15-6-4-13(5-7-15)21-16(24)12-23-11-14(10-20-23)22-17(25)18(19)8-2-3-9-18;/h4-7,10-11H,2-3,8-9,12,19H2,1H3,(H,21,24)(H,22,25);1H. The molecule has 0 saturated heterocycles. The van der Waals surface area contributed by atoms with E-state index in [9.17, 15) is 9.59 Å². The molecule has 0 atom stereocenters. The molecule has 1 aromatic heterocycles. The molecule has 3 rings (SSSR count). The second kappa shape index (κ2) is 8.88. The van der Waals surface area contributed by atoms with Crippen LogP contribution >= 0.6 is 12.4 Å². The quantitative estimate of drug-likeness (QED) is 0.696. The number of benzene rings is 1. The molecule has 4 N–H and O–H groups in total. The number of carbonyl (C=O) groups excluding carboxylic acids is 2. The lowest BCUT2D eigenvalue weighted by atomic mass is 9.98. The summed E-state index contributed by atoms with van der Waals surface area (Å²) in [5, 5.41) is 9.68. The minimum atomic E-state index is -0.798. The van der Waals surface area contributed by atoms with Gasteiger partial charge in [-0.05, 0) is 37.1 Å². The van der Waals surface area contributed by atoms with Gasteiger partial charge in [-0.2, -0.15) is 5.10 Å².